The second kappa shape index (κ2) is 5.53. The Morgan fingerprint density at radius 2 is 2.38 bits per heavy atom. The first-order chi connectivity index (χ1) is 7.74. The Hall–Kier alpha value is -0.760. The van der Waals surface area contributed by atoms with Crippen LogP contribution in [0.4, 0.5) is 5.69 Å². The molecule has 0 saturated heterocycles. The van der Waals surface area contributed by atoms with Gasteiger partial charge in [-0.3, -0.25) is 4.98 Å². The molecule has 0 bridgehead atoms. The Morgan fingerprint density at radius 3 is 3.12 bits per heavy atom. The van der Waals surface area contributed by atoms with Crippen LogP contribution in [-0.4, -0.2) is 16.9 Å². The van der Waals surface area contributed by atoms with Crippen molar-refractivity contribution in [2.45, 2.75) is 38.0 Å². The lowest BCUT2D eigenvalue weighted by Crippen LogP contribution is -2.22. The second-order valence-electron chi connectivity index (χ2n) is 4.70. The van der Waals surface area contributed by atoms with Gasteiger partial charge in [-0.2, -0.15) is 0 Å². The van der Waals surface area contributed by atoms with Gasteiger partial charge in [-0.05, 0) is 44.2 Å². The average Bonchev–Trinajstić information content (AvgIpc) is 2.27. The number of aromatic nitrogens is 1. The first-order valence-corrected chi connectivity index (χ1v) is 6.48. The van der Waals surface area contributed by atoms with Crippen LogP contribution in [0.1, 0.15) is 31.4 Å². The van der Waals surface area contributed by atoms with Crippen LogP contribution in [-0.2, 0) is 0 Å². The summed E-state index contributed by atoms with van der Waals surface area (Å²) in [5.74, 6) is 0.727. The molecule has 2 atom stereocenters. The minimum Gasteiger partial charge on any atom is -0.385 e. The molecule has 1 N–H and O–H groups in total. The Morgan fingerprint density at radius 1 is 1.50 bits per heavy atom. The van der Waals surface area contributed by atoms with Gasteiger partial charge < -0.3 is 5.32 Å². The van der Waals surface area contributed by atoms with Crippen molar-refractivity contribution < 1.29 is 0 Å². The molecule has 0 amide bonds. The monoisotopic (exact) mass is 238 g/mol. The van der Waals surface area contributed by atoms with Crippen molar-refractivity contribution in [1.82, 2.24) is 4.98 Å². The summed E-state index contributed by atoms with van der Waals surface area (Å²) in [4.78, 5) is 4.19. The van der Waals surface area contributed by atoms with Crippen LogP contribution in [0.25, 0.3) is 0 Å². The quantitative estimate of drug-likeness (QED) is 0.814. The molecule has 1 aliphatic rings. The number of hydrogen-bond acceptors (Lipinski definition) is 2. The third-order valence-corrected chi connectivity index (χ3v) is 3.61. The van der Waals surface area contributed by atoms with Gasteiger partial charge in [0.25, 0.3) is 0 Å². The number of alkyl halides is 1. The fourth-order valence-corrected chi connectivity index (χ4v) is 2.73. The van der Waals surface area contributed by atoms with Crippen molar-refractivity contribution in [3.63, 3.8) is 0 Å². The summed E-state index contributed by atoms with van der Waals surface area (Å²) in [6, 6.07) is 4.11. The zero-order chi connectivity index (χ0) is 11.4. The van der Waals surface area contributed by atoms with E-state index in [1.165, 1.54) is 24.9 Å². The molecule has 3 heteroatoms. The van der Waals surface area contributed by atoms with Gasteiger partial charge in [0.2, 0.25) is 0 Å². The molecule has 1 fully saturated rings. The van der Waals surface area contributed by atoms with Gasteiger partial charge in [-0.25, -0.2) is 0 Å². The number of halogens is 1. The number of hydrogen-bond donors (Lipinski definition) is 1. The molecule has 1 aliphatic carbocycles. The maximum Gasteiger partial charge on any atom is 0.0393 e. The van der Waals surface area contributed by atoms with E-state index < -0.39 is 0 Å². The predicted molar refractivity (Wildman–Crippen MR) is 69.1 cm³/mol. The van der Waals surface area contributed by atoms with Gasteiger partial charge >= 0.3 is 0 Å². The summed E-state index contributed by atoms with van der Waals surface area (Å²) in [5, 5.41) is 3.87. The molecule has 1 aromatic rings. The first kappa shape index (κ1) is 11.7. The van der Waals surface area contributed by atoms with Crippen LogP contribution >= 0.6 is 11.6 Å². The smallest absolute Gasteiger partial charge is 0.0393 e. The van der Waals surface area contributed by atoms with Gasteiger partial charge in [0.15, 0.2) is 0 Å². The average molecular weight is 239 g/mol. The van der Waals surface area contributed by atoms with Crippen LogP contribution < -0.4 is 5.32 Å². The van der Waals surface area contributed by atoms with Crippen LogP contribution in [0.5, 0.6) is 0 Å². The number of aryl methyl sites for hydroxylation is 1. The number of anilines is 1. The molecule has 0 radical (unpaired) electrons. The molecule has 2 nitrogen and oxygen atoms in total. The van der Waals surface area contributed by atoms with E-state index in [4.69, 9.17) is 11.6 Å². The lowest BCUT2D eigenvalue weighted by molar-refractivity contribution is 0.378. The van der Waals surface area contributed by atoms with Gasteiger partial charge in [0.05, 0.1) is 0 Å². The highest BCUT2D eigenvalue weighted by molar-refractivity contribution is 6.20. The Balaban J connectivity index is 1.82. The predicted octanol–water partition coefficient (Wildman–Crippen LogP) is 3.60. The topological polar surface area (TPSA) is 24.9 Å². The summed E-state index contributed by atoms with van der Waals surface area (Å²) in [7, 11) is 0. The molecule has 16 heavy (non-hydrogen) atoms. The molecule has 2 unspecified atom stereocenters. The normalized spacial score (nSPS) is 25.4. The third kappa shape index (κ3) is 3.38. The van der Waals surface area contributed by atoms with Crippen LogP contribution in [0.3, 0.4) is 0 Å². The fourth-order valence-electron chi connectivity index (χ4n) is 2.33. The molecule has 1 heterocycles. The molecule has 0 aliphatic heterocycles. The number of rotatable bonds is 3. The highest BCUT2D eigenvalue weighted by atomic mass is 35.5. The highest BCUT2D eigenvalue weighted by Crippen LogP contribution is 2.27. The lowest BCUT2D eigenvalue weighted by Gasteiger charge is -2.25. The minimum absolute atomic E-state index is 0.389. The van der Waals surface area contributed by atoms with E-state index in [9.17, 15) is 0 Å². The van der Waals surface area contributed by atoms with Crippen molar-refractivity contribution in [1.29, 1.82) is 0 Å². The lowest BCUT2D eigenvalue weighted by atomic mass is 9.89. The summed E-state index contributed by atoms with van der Waals surface area (Å²) in [6.07, 6.45) is 6.77. The van der Waals surface area contributed by atoms with Crippen LogP contribution in [0.15, 0.2) is 18.3 Å². The minimum atomic E-state index is 0.389. The first-order valence-electron chi connectivity index (χ1n) is 6.04. The van der Waals surface area contributed by atoms with Crippen LogP contribution in [0, 0.1) is 12.8 Å². The number of nitrogens with zero attached hydrogens (tertiary/aromatic N) is 1. The van der Waals surface area contributed by atoms with Gasteiger partial charge in [-0.15, -0.1) is 11.6 Å². The van der Waals surface area contributed by atoms with Gasteiger partial charge in [0, 0.05) is 29.5 Å². The molecular weight excluding hydrogens is 220 g/mol. The van der Waals surface area contributed by atoms with Crippen LogP contribution in [0.2, 0.25) is 0 Å². The van der Waals surface area contributed by atoms with E-state index in [0.717, 1.165) is 24.6 Å². The van der Waals surface area contributed by atoms with E-state index in [1.54, 1.807) is 0 Å². The number of pyridine rings is 1. The van der Waals surface area contributed by atoms with E-state index in [1.807, 2.05) is 19.2 Å². The molecule has 2 rings (SSSR count). The van der Waals surface area contributed by atoms with Crippen molar-refractivity contribution in [3.05, 3.63) is 24.0 Å². The largest absolute Gasteiger partial charge is 0.385 e. The van der Waals surface area contributed by atoms with Crippen molar-refractivity contribution in [2.24, 2.45) is 5.92 Å². The fraction of sp³-hybridized carbons (Fsp3) is 0.615. The van der Waals surface area contributed by atoms with Crippen molar-refractivity contribution in [2.75, 3.05) is 11.9 Å². The molecule has 0 spiro atoms. The Labute approximate surface area is 102 Å². The third-order valence-electron chi connectivity index (χ3n) is 3.21. The number of nitrogens with one attached hydrogen (secondary N) is 1. The van der Waals surface area contributed by atoms with E-state index in [2.05, 4.69) is 16.4 Å². The SMILES string of the molecule is Cc1cc(NCC2CCCC(Cl)C2)ccn1. The zero-order valence-electron chi connectivity index (χ0n) is 9.75. The molecule has 88 valence electrons. The van der Waals surface area contributed by atoms with E-state index in [0.29, 0.717) is 5.38 Å². The Kier molecular flexibility index (Phi) is 4.05. The Bertz CT molecular complexity index is 340. The van der Waals surface area contributed by atoms with Crippen molar-refractivity contribution >= 4 is 17.3 Å². The molecule has 1 saturated carbocycles. The van der Waals surface area contributed by atoms with Crippen molar-refractivity contribution in [3.8, 4) is 0 Å². The summed E-state index contributed by atoms with van der Waals surface area (Å²) >= 11 is 6.18. The second-order valence-corrected chi connectivity index (χ2v) is 5.31. The van der Waals surface area contributed by atoms with Gasteiger partial charge in [0.1, 0.15) is 0 Å². The standard InChI is InChI=1S/C13H19ClN2/c1-10-7-13(5-6-15-10)16-9-11-3-2-4-12(14)8-11/h5-7,11-12H,2-4,8-9H2,1H3,(H,15,16). The summed E-state index contributed by atoms with van der Waals surface area (Å²) < 4.78 is 0. The summed E-state index contributed by atoms with van der Waals surface area (Å²) in [5.41, 5.74) is 2.23. The van der Waals surface area contributed by atoms with E-state index in [-0.39, 0.29) is 0 Å². The molecule has 0 aromatic carbocycles. The van der Waals surface area contributed by atoms with Gasteiger partial charge in [-0.1, -0.05) is 6.42 Å². The molecular formula is C13H19ClN2. The van der Waals surface area contributed by atoms with E-state index >= 15 is 0 Å². The zero-order valence-corrected chi connectivity index (χ0v) is 10.5. The highest BCUT2D eigenvalue weighted by Gasteiger charge is 2.19. The molecule has 1 aromatic heterocycles. The maximum absolute atomic E-state index is 6.18. The maximum atomic E-state index is 6.18. The summed E-state index contributed by atoms with van der Waals surface area (Å²) in [6.45, 7) is 3.05.